The van der Waals surface area contributed by atoms with Gasteiger partial charge in [0.05, 0.1) is 0 Å². The highest BCUT2D eigenvalue weighted by Crippen LogP contribution is 2.19. The molecule has 0 fully saturated rings. The molecule has 0 unspecified atom stereocenters. The molecule has 2 heterocycles. The van der Waals surface area contributed by atoms with Crippen molar-refractivity contribution in [3.63, 3.8) is 0 Å². The lowest BCUT2D eigenvalue weighted by molar-refractivity contribution is 0.629. The molecular formula is C19H24FIN4S. The zero-order chi connectivity index (χ0) is 17.5. The molecule has 0 bridgehead atoms. The summed E-state index contributed by atoms with van der Waals surface area (Å²) >= 11 is 1.76. The zero-order valence-electron chi connectivity index (χ0n) is 14.7. The van der Waals surface area contributed by atoms with Gasteiger partial charge in [-0.3, -0.25) is 4.99 Å². The van der Waals surface area contributed by atoms with Crippen molar-refractivity contribution in [1.82, 2.24) is 15.6 Å². The van der Waals surface area contributed by atoms with Crippen LogP contribution in [0.1, 0.15) is 17.4 Å². The number of hydrogen-bond donors (Lipinski definition) is 3. The Morgan fingerprint density at radius 3 is 2.88 bits per heavy atom. The number of fused-ring (bicyclic) bond motifs is 1. The molecule has 3 aromatic rings. The Morgan fingerprint density at radius 1 is 1.23 bits per heavy atom. The number of aliphatic imine (C=N–C) groups is 1. The number of aromatic nitrogens is 1. The molecule has 0 aliphatic carbocycles. The van der Waals surface area contributed by atoms with E-state index in [-0.39, 0.29) is 29.8 Å². The highest BCUT2D eigenvalue weighted by molar-refractivity contribution is 14.0. The van der Waals surface area contributed by atoms with Crippen LogP contribution < -0.4 is 10.6 Å². The van der Waals surface area contributed by atoms with Crippen molar-refractivity contribution in [2.24, 2.45) is 4.99 Å². The molecule has 2 aromatic heterocycles. The van der Waals surface area contributed by atoms with Crippen LogP contribution in [-0.4, -0.2) is 30.6 Å². The molecule has 0 aliphatic heterocycles. The largest absolute Gasteiger partial charge is 0.361 e. The first-order valence-corrected chi connectivity index (χ1v) is 9.44. The number of halogens is 2. The van der Waals surface area contributed by atoms with Gasteiger partial charge in [-0.05, 0) is 48.6 Å². The summed E-state index contributed by atoms with van der Waals surface area (Å²) in [6, 6.07) is 9.04. The second-order valence-corrected chi connectivity index (χ2v) is 6.80. The Kier molecular flexibility index (Phi) is 8.37. The normalized spacial score (nSPS) is 11.4. The summed E-state index contributed by atoms with van der Waals surface area (Å²) < 4.78 is 13.4. The molecular weight excluding hydrogens is 462 g/mol. The minimum Gasteiger partial charge on any atom is -0.361 e. The van der Waals surface area contributed by atoms with Gasteiger partial charge in [-0.1, -0.05) is 6.07 Å². The van der Waals surface area contributed by atoms with Gasteiger partial charge in [-0.15, -0.1) is 35.3 Å². The average molecular weight is 486 g/mol. The maximum atomic E-state index is 13.4. The van der Waals surface area contributed by atoms with Crippen molar-refractivity contribution in [1.29, 1.82) is 0 Å². The number of nitrogens with one attached hydrogen (secondary N) is 3. The van der Waals surface area contributed by atoms with Crippen LogP contribution in [0, 0.1) is 5.82 Å². The quantitative estimate of drug-likeness (QED) is 0.265. The Labute approximate surface area is 174 Å². The molecule has 0 saturated carbocycles. The van der Waals surface area contributed by atoms with Crippen LogP contribution in [0.4, 0.5) is 4.39 Å². The Morgan fingerprint density at radius 2 is 2.12 bits per heavy atom. The molecule has 1 aromatic carbocycles. The standard InChI is InChI=1S/C19H23FN4S.HI/c1-2-21-19(23-10-8-16-4-3-11-25-16)22-9-7-14-13-24-18-6-5-15(20)12-17(14)18;/h3-6,11-13,24H,2,7-10H2,1H3,(H2,21,22,23);1H. The van der Waals surface area contributed by atoms with E-state index in [1.165, 1.54) is 10.9 Å². The molecule has 3 N–H and O–H groups in total. The van der Waals surface area contributed by atoms with Gasteiger partial charge in [-0.25, -0.2) is 4.39 Å². The predicted molar refractivity (Wildman–Crippen MR) is 119 cm³/mol. The summed E-state index contributed by atoms with van der Waals surface area (Å²) in [4.78, 5) is 9.15. The summed E-state index contributed by atoms with van der Waals surface area (Å²) in [5.74, 6) is 0.620. The van der Waals surface area contributed by atoms with Gasteiger partial charge < -0.3 is 15.6 Å². The molecule has 0 amide bonds. The average Bonchev–Trinajstić information content (AvgIpc) is 3.25. The zero-order valence-corrected chi connectivity index (χ0v) is 17.9. The molecule has 140 valence electrons. The number of H-pyrrole nitrogens is 1. The maximum absolute atomic E-state index is 13.4. The molecule has 0 spiro atoms. The van der Waals surface area contributed by atoms with E-state index in [9.17, 15) is 4.39 Å². The lowest BCUT2D eigenvalue weighted by atomic mass is 10.1. The van der Waals surface area contributed by atoms with E-state index in [2.05, 4.69) is 45.0 Å². The first-order chi connectivity index (χ1) is 12.3. The Bertz CT molecular complexity index is 829. The number of thiophene rings is 1. The highest BCUT2D eigenvalue weighted by Gasteiger charge is 2.05. The summed E-state index contributed by atoms with van der Waals surface area (Å²) in [6.07, 6.45) is 3.71. The van der Waals surface area contributed by atoms with Gasteiger partial charge in [0.2, 0.25) is 0 Å². The summed E-state index contributed by atoms with van der Waals surface area (Å²) in [5, 5.41) is 9.65. The highest BCUT2D eigenvalue weighted by atomic mass is 127. The second kappa shape index (κ2) is 10.5. The number of rotatable bonds is 7. The van der Waals surface area contributed by atoms with Crippen LogP contribution >= 0.6 is 35.3 Å². The maximum Gasteiger partial charge on any atom is 0.191 e. The van der Waals surface area contributed by atoms with Gasteiger partial charge in [-0.2, -0.15) is 0 Å². The summed E-state index contributed by atoms with van der Waals surface area (Å²) in [5.41, 5.74) is 2.07. The molecule has 0 saturated heterocycles. The van der Waals surface area contributed by atoms with Crippen molar-refractivity contribution in [3.8, 4) is 0 Å². The smallest absolute Gasteiger partial charge is 0.191 e. The summed E-state index contributed by atoms with van der Waals surface area (Å²) in [6.45, 7) is 4.38. The number of hydrogen-bond acceptors (Lipinski definition) is 2. The molecule has 0 atom stereocenters. The van der Waals surface area contributed by atoms with Crippen molar-refractivity contribution >= 4 is 52.2 Å². The Balaban J connectivity index is 0.00000243. The predicted octanol–water partition coefficient (Wildman–Crippen LogP) is 4.33. The van der Waals surface area contributed by atoms with Gasteiger partial charge in [0.15, 0.2) is 5.96 Å². The van der Waals surface area contributed by atoms with Crippen LogP contribution in [0.2, 0.25) is 0 Å². The van der Waals surface area contributed by atoms with E-state index >= 15 is 0 Å². The van der Waals surface area contributed by atoms with Crippen molar-refractivity contribution in [2.45, 2.75) is 19.8 Å². The molecule has 26 heavy (non-hydrogen) atoms. The number of nitrogens with zero attached hydrogens (tertiary/aromatic N) is 1. The van der Waals surface area contributed by atoms with E-state index in [0.717, 1.165) is 54.9 Å². The number of benzene rings is 1. The third kappa shape index (κ3) is 5.70. The minimum absolute atomic E-state index is 0. The van der Waals surface area contributed by atoms with E-state index in [1.807, 2.05) is 6.20 Å². The fourth-order valence-corrected chi connectivity index (χ4v) is 3.45. The van der Waals surface area contributed by atoms with Gasteiger partial charge >= 0.3 is 0 Å². The lowest BCUT2D eigenvalue weighted by Gasteiger charge is -2.11. The van der Waals surface area contributed by atoms with Crippen LogP contribution in [0.25, 0.3) is 10.9 Å². The summed E-state index contributed by atoms with van der Waals surface area (Å²) in [7, 11) is 0. The fourth-order valence-electron chi connectivity index (χ4n) is 2.75. The van der Waals surface area contributed by atoms with Crippen LogP contribution in [0.5, 0.6) is 0 Å². The fraction of sp³-hybridized carbons (Fsp3) is 0.316. The number of guanidine groups is 1. The first-order valence-electron chi connectivity index (χ1n) is 8.56. The minimum atomic E-state index is -0.204. The molecule has 7 heteroatoms. The topological polar surface area (TPSA) is 52.2 Å². The van der Waals surface area contributed by atoms with Crippen LogP contribution in [-0.2, 0) is 12.8 Å². The van der Waals surface area contributed by atoms with E-state index in [4.69, 9.17) is 0 Å². The van der Waals surface area contributed by atoms with Crippen molar-refractivity contribution in [3.05, 3.63) is 58.2 Å². The van der Waals surface area contributed by atoms with Gasteiger partial charge in [0, 0.05) is 48.0 Å². The van der Waals surface area contributed by atoms with Crippen molar-refractivity contribution < 1.29 is 4.39 Å². The van der Waals surface area contributed by atoms with Gasteiger partial charge in [0.1, 0.15) is 5.82 Å². The SMILES string of the molecule is CCNC(=NCCc1cccs1)NCCc1c[nH]c2ccc(F)cc12.I. The molecule has 0 aliphatic rings. The third-order valence-electron chi connectivity index (χ3n) is 3.97. The Hall–Kier alpha value is -1.61. The molecule has 4 nitrogen and oxygen atoms in total. The van der Waals surface area contributed by atoms with Gasteiger partial charge in [0.25, 0.3) is 0 Å². The van der Waals surface area contributed by atoms with E-state index in [0.29, 0.717) is 0 Å². The lowest BCUT2D eigenvalue weighted by Crippen LogP contribution is -2.38. The monoisotopic (exact) mass is 486 g/mol. The second-order valence-electron chi connectivity index (χ2n) is 5.77. The van der Waals surface area contributed by atoms with Crippen LogP contribution in [0.3, 0.4) is 0 Å². The first kappa shape index (κ1) is 20.7. The van der Waals surface area contributed by atoms with Crippen LogP contribution in [0.15, 0.2) is 46.9 Å². The van der Waals surface area contributed by atoms with Crippen molar-refractivity contribution in [2.75, 3.05) is 19.6 Å². The molecule has 0 radical (unpaired) electrons. The number of aromatic amines is 1. The van der Waals surface area contributed by atoms with E-state index in [1.54, 1.807) is 23.5 Å². The van der Waals surface area contributed by atoms with E-state index < -0.39 is 0 Å². The third-order valence-corrected chi connectivity index (χ3v) is 4.90. The molecule has 3 rings (SSSR count).